The van der Waals surface area contributed by atoms with Gasteiger partial charge in [0.15, 0.2) is 0 Å². The van der Waals surface area contributed by atoms with Gasteiger partial charge in [0.25, 0.3) is 0 Å². The molecule has 25 heavy (non-hydrogen) atoms. The van der Waals surface area contributed by atoms with Crippen LogP contribution in [0, 0.1) is 18.6 Å². The van der Waals surface area contributed by atoms with Gasteiger partial charge in [0, 0.05) is 12.8 Å². The molecule has 0 spiro atoms. The van der Waals surface area contributed by atoms with Crippen LogP contribution in [0.25, 0.3) is 6.08 Å². The summed E-state index contributed by atoms with van der Waals surface area (Å²) in [4.78, 5) is 0. The fourth-order valence-corrected chi connectivity index (χ4v) is 2.46. The summed E-state index contributed by atoms with van der Waals surface area (Å²) in [5, 5.41) is 8.28. The van der Waals surface area contributed by atoms with E-state index in [4.69, 9.17) is 0 Å². The highest BCUT2D eigenvalue weighted by atomic mass is 19.1. The molecule has 1 aliphatic heterocycles. The molecular formula is C21H22F2N2. The monoisotopic (exact) mass is 340 g/mol. The summed E-state index contributed by atoms with van der Waals surface area (Å²) in [6.07, 6.45) is 4.90. The van der Waals surface area contributed by atoms with Gasteiger partial charge in [-0.3, -0.25) is 0 Å². The van der Waals surface area contributed by atoms with Crippen molar-refractivity contribution >= 4 is 17.5 Å². The average molecular weight is 340 g/mol. The lowest BCUT2D eigenvalue weighted by atomic mass is 10.0. The second-order valence-electron chi connectivity index (χ2n) is 5.58. The molecule has 0 atom stereocenters. The van der Waals surface area contributed by atoms with Crippen LogP contribution in [-0.2, 0) is 6.42 Å². The average Bonchev–Trinajstić information content (AvgIpc) is 3.05. The van der Waals surface area contributed by atoms with Gasteiger partial charge in [-0.2, -0.15) is 10.2 Å². The highest BCUT2D eigenvalue weighted by Crippen LogP contribution is 2.15. The van der Waals surface area contributed by atoms with Crippen molar-refractivity contribution in [2.45, 2.75) is 33.6 Å². The third-order valence-electron chi connectivity index (χ3n) is 3.70. The minimum atomic E-state index is -0.258. The first-order valence-electron chi connectivity index (χ1n) is 8.41. The van der Waals surface area contributed by atoms with Gasteiger partial charge in [-0.05, 0) is 54.0 Å². The van der Waals surface area contributed by atoms with E-state index in [9.17, 15) is 8.78 Å². The molecule has 0 bridgehead atoms. The first-order chi connectivity index (χ1) is 12.1. The van der Waals surface area contributed by atoms with Gasteiger partial charge in [0.05, 0.1) is 11.4 Å². The van der Waals surface area contributed by atoms with Crippen molar-refractivity contribution in [1.29, 1.82) is 0 Å². The van der Waals surface area contributed by atoms with E-state index < -0.39 is 0 Å². The Kier molecular flexibility index (Phi) is 6.75. The van der Waals surface area contributed by atoms with Crippen LogP contribution in [0.4, 0.5) is 8.78 Å². The molecule has 2 aromatic rings. The third-order valence-corrected chi connectivity index (χ3v) is 3.70. The van der Waals surface area contributed by atoms with E-state index in [1.807, 2.05) is 39.0 Å². The third kappa shape index (κ3) is 5.45. The van der Waals surface area contributed by atoms with Crippen molar-refractivity contribution in [2.24, 2.45) is 10.2 Å². The van der Waals surface area contributed by atoms with E-state index in [1.165, 1.54) is 24.3 Å². The van der Waals surface area contributed by atoms with Crippen LogP contribution in [0.2, 0.25) is 0 Å². The first-order valence-corrected chi connectivity index (χ1v) is 8.41. The number of rotatable bonds is 4. The molecule has 0 N–H and O–H groups in total. The summed E-state index contributed by atoms with van der Waals surface area (Å²) in [6.45, 7) is 5.93. The van der Waals surface area contributed by atoms with Gasteiger partial charge >= 0.3 is 0 Å². The van der Waals surface area contributed by atoms with Crippen molar-refractivity contribution in [3.05, 3.63) is 76.9 Å². The molecule has 4 heteroatoms. The Morgan fingerprint density at radius 3 is 2.48 bits per heavy atom. The number of allylic oxidation sites excluding steroid dienone is 1. The van der Waals surface area contributed by atoms with E-state index in [2.05, 4.69) is 10.2 Å². The lowest BCUT2D eigenvalue weighted by Crippen LogP contribution is -2.04. The molecule has 3 rings (SSSR count). The zero-order chi connectivity index (χ0) is 18.2. The molecule has 0 aliphatic carbocycles. The number of halogens is 2. The van der Waals surface area contributed by atoms with Crippen LogP contribution in [0.5, 0.6) is 0 Å². The van der Waals surface area contributed by atoms with Crippen molar-refractivity contribution in [3.8, 4) is 0 Å². The molecule has 1 aliphatic rings. The Morgan fingerprint density at radius 1 is 0.960 bits per heavy atom. The summed E-state index contributed by atoms with van der Waals surface area (Å²) >= 11 is 0. The molecule has 0 unspecified atom stereocenters. The predicted molar refractivity (Wildman–Crippen MR) is 101 cm³/mol. The number of benzene rings is 2. The fourth-order valence-electron chi connectivity index (χ4n) is 2.46. The molecule has 0 saturated heterocycles. The standard InChI is InChI=1S/C19H16F2N2.C2H6/c1-13-5-7-17(21)11-15(13)6-8-18-12-19(23-22-18)10-14-3-2-4-16(20)9-14;1-2/h2-9,11H,10,12H2,1H3;1-2H3/b8-6+;. The number of hydrogen-bond donors (Lipinski definition) is 0. The van der Waals surface area contributed by atoms with Crippen LogP contribution in [0.1, 0.15) is 37.0 Å². The molecule has 0 saturated carbocycles. The summed E-state index contributed by atoms with van der Waals surface area (Å²) in [7, 11) is 0. The summed E-state index contributed by atoms with van der Waals surface area (Å²) in [6, 6.07) is 11.2. The zero-order valence-electron chi connectivity index (χ0n) is 14.8. The van der Waals surface area contributed by atoms with Crippen LogP contribution in [0.15, 0.2) is 58.7 Å². The van der Waals surface area contributed by atoms with Gasteiger partial charge in [0.1, 0.15) is 11.6 Å². The number of nitrogens with zero attached hydrogens (tertiary/aromatic N) is 2. The minimum absolute atomic E-state index is 0.247. The highest BCUT2D eigenvalue weighted by Gasteiger charge is 2.11. The van der Waals surface area contributed by atoms with E-state index in [0.717, 1.165) is 28.1 Å². The molecule has 1 heterocycles. The lowest BCUT2D eigenvalue weighted by Gasteiger charge is -2.01. The summed E-state index contributed by atoms with van der Waals surface area (Å²) in [5.41, 5.74) is 4.42. The van der Waals surface area contributed by atoms with Crippen molar-refractivity contribution in [2.75, 3.05) is 0 Å². The Bertz CT molecular complexity index is 820. The quantitative estimate of drug-likeness (QED) is 0.676. The van der Waals surface area contributed by atoms with Crippen LogP contribution >= 0.6 is 0 Å². The minimum Gasteiger partial charge on any atom is -0.207 e. The topological polar surface area (TPSA) is 24.7 Å². The molecule has 2 nitrogen and oxygen atoms in total. The normalized spacial score (nSPS) is 13.3. The fraction of sp³-hybridized carbons (Fsp3) is 0.238. The maximum atomic E-state index is 13.3. The summed E-state index contributed by atoms with van der Waals surface area (Å²) in [5.74, 6) is -0.504. The van der Waals surface area contributed by atoms with E-state index in [-0.39, 0.29) is 11.6 Å². The van der Waals surface area contributed by atoms with Gasteiger partial charge in [-0.25, -0.2) is 8.78 Å². The number of hydrogen-bond acceptors (Lipinski definition) is 2. The summed E-state index contributed by atoms with van der Waals surface area (Å²) < 4.78 is 26.5. The lowest BCUT2D eigenvalue weighted by molar-refractivity contribution is 0.626. The number of aryl methyl sites for hydroxylation is 1. The van der Waals surface area contributed by atoms with Crippen LogP contribution in [0.3, 0.4) is 0 Å². The second kappa shape index (κ2) is 9.02. The van der Waals surface area contributed by atoms with Gasteiger partial charge in [0.2, 0.25) is 0 Å². The smallest absolute Gasteiger partial charge is 0.123 e. The maximum Gasteiger partial charge on any atom is 0.123 e. The first kappa shape index (κ1) is 18.7. The Balaban J connectivity index is 0.00000109. The molecule has 0 radical (unpaired) electrons. The van der Waals surface area contributed by atoms with Crippen molar-refractivity contribution in [3.63, 3.8) is 0 Å². The van der Waals surface area contributed by atoms with Gasteiger partial charge < -0.3 is 0 Å². The molecule has 0 amide bonds. The van der Waals surface area contributed by atoms with E-state index in [0.29, 0.717) is 12.8 Å². The Hall–Kier alpha value is -2.62. The van der Waals surface area contributed by atoms with Gasteiger partial charge in [-0.1, -0.05) is 38.1 Å². The molecule has 130 valence electrons. The van der Waals surface area contributed by atoms with Crippen LogP contribution < -0.4 is 0 Å². The van der Waals surface area contributed by atoms with E-state index in [1.54, 1.807) is 12.1 Å². The Morgan fingerprint density at radius 2 is 1.72 bits per heavy atom. The predicted octanol–water partition coefficient (Wildman–Crippen LogP) is 5.76. The molecule has 0 fully saturated rings. The maximum absolute atomic E-state index is 13.3. The Labute approximate surface area is 147 Å². The van der Waals surface area contributed by atoms with E-state index >= 15 is 0 Å². The van der Waals surface area contributed by atoms with Crippen molar-refractivity contribution in [1.82, 2.24) is 0 Å². The molecule has 0 aromatic heterocycles. The van der Waals surface area contributed by atoms with Crippen molar-refractivity contribution < 1.29 is 8.78 Å². The molecule has 2 aromatic carbocycles. The zero-order valence-corrected chi connectivity index (χ0v) is 14.8. The second-order valence-corrected chi connectivity index (χ2v) is 5.58. The largest absolute Gasteiger partial charge is 0.207 e. The van der Waals surface area contributed by atoms with Crippen LogP contribution in [-0.4, -0.2) is 11.4 Å². The SMILES string of the molecule is CC.Cc1ccc(F)cc1/C=C/C1=NN=C(Cc2cccc(F)c2)C1. The molecular weight excluding hydrogens is 318 g/mol. The highest BCUT2D eigenvalue weighted by molar-refractivity contribution is 6.14. The van der Waals surface area contributed by atoms with Gasteiger partial charge in [-0.15, -0.1) is 0 Å².